The summed E-state index contributed by atoms with van der Waals surface area (Å²) in [7, 11) is 0. The van der Waals surface area contributed by atoms with Gasteiger partial charge >= 0.3 is 0 Å². The summed E-state index contributed by atoms with van der Waals surface area (Å²) in [5.41, 5.74) is 0. The Bertz CT molecular complexity index is 247. The second-order valence-corrected chi connectivity index (χ2v) is 6.22. The maximum atomic E-state index is 4.24. The molecule has 0 saturated heterocycles. The quantitative estimate of drug-likeness (QED) is 0.588. The van der Waals surface area contributed by atoms with Crippen LogP contribution >= 0.6 is 23.1 Å². The van der Waals surface area contributed by atoms with E-state index in [1.54, 1.807) is 11.3 Å². The molecule has 1 N–H and O–H groups in total. The van der Waals surface area contributed by atoms with Crippen molar-refractivity contribution in [3.05, 3.63) is 11.6 Å². The van der Waals surface area contributed by atoms with Crippen molar-refractivity contribution >= 4 is 23.1 Å². The van der Waals surface area contributed by atoms with Gasteiger partial charge in [0.05, 0.1) is 0 Å². The van der Waals surface area contributed by atoms with Crippen LogP contribution in [0.25, 0.3) is 0 Å². The Morgan fingerprint density at radius 3 is 2.87 bits per heavy atom. The molecule has 1 rings (SSSR count). The van der Waals surface area contributed by atoms with Crippen molar-refractivity contribution in [2.75, 3.05) is 12.3 Å². The van der Waals surface area contributed by atoms with Gasteiger partial charge in [-0.2, -0.15) is 0 Å². The summed E-state index contributed by atoms with van der Waals surface area (Å²) >= 11 is 3.58. The van der Waals surface area contributed by atoms with Gasteiger partial charge in [0.1, 0.15) is 4.34 Å². The molecule has 0 aromatic carbocycles. The smallest absolute Gasteiger partial charge is 0.149 e. The molecule has 0 spiro atoms. The Labute approximate surface area is 101 Å². The lowest BCUT2D eigenvalue weighted by atomic mass is 10.1. The Hall–Kier alpha value is -0.0600. The highest BCUT2D eigenvalue weighted by atomic mass is 32.2. The largest absolute Gasteiger partial charge is 0.314 e. The fraction of sp³-hybridized carbons (Fsp3) is 0.727. The summed E-state index contributed by atoms with van der Waals surface area (Å²) in [6.45, 7) is 7.86. The molecule has 4 heteroatoms. The maximum Gasteiger partial charge on any atom is 0.149 e. The lowest BCUT2D eigenvalue weighted by Gasteiger charge is -2.16. The first kappa shape index (κ1) is 13.0. The summed E-state index contributed by atoms with van der Waals surface area (Å²) in [5.74, 6) is 1.88. The van der Waals surface area contributed by atoms with Crippen LogP contribution in [0.3, 0.4) is 0 Å². The summed E-state index contributed by atoms with van der Waals surface area (Å²) in [4.78, 5) is 4.24. The molecule has 1 aromatic rings. The van der Waals surface area contributed by atoms with Gasteiger partial charge in [0.25, 0.3) is 0 Å². The molecule has 15 heavy (non-hydrogen) atoms. The second kappa shape index (κ2) is 7.25. The molecule has 0 saturated carbocycles. The molecule has 1 unspecified atom stereocenters. The fourth-order valence-corrected chi connectivity index (χ4v) is 2.73. The molecule has 0 aliphatic rings. The van der Waals surface area contributed by atoms with Crippen molar-refractivity contribution in [3.63, 3.8) is 0 Å². The lowest BCUT2D eigenvalue weighted by molar-refractivity contribution is 0.428. The van der Waals surface area contributed by atoms with Crippen molar-refractivity contribution in [2.24, 2.45) is 5.92 Å². The third-order valence-corrected chi connectivity index (χ3v) is 4.47. The minimum absolute atomic E-state index is 0.620. The van der Waals surface area contributed by atoms with Crippen LogP contribution < -0.4 is 5.32 Å². The molecule has 2 nitrogen and oxygen atoms in total. The van der Waals surface area contributed by atoms with Gasteiger partial charge in [-0.15, -0.1) is 11.3 Å². The SMILES string of the molecule is CC(C)C(C)NCCCSc1nccs1. The number of rotatable bonds is 7. The van der Waals surface area contributed by atoms with Gasteiger partial charge in [0, 0.05) is 23.4 Å². The molecule has 0 radical (unpaired) electrons. The summed E-state index contributed by atoms with van der Waals surface area (Å²) in [6, 6.07) is 0.620. The fourth-order valence-electron chi connectivity index (χ4n) is 1.08. The third-order valence-electron chi connectivity index (χ3n) is 2.42. The van der Waals surface area contributed by atoms with Gasteiger partial charge in [0.2, 0.25) is 0 Å². The van der Waals surface area contributed by atoms with Crippen molar-refractivity contribution in [1.82, 2.24) is 10.3 Å². The van der Waals surface area contributed by atoms with E-state index in [1.807, 2.05) is 23.3 Å². The highest BCUT2D eigenvalue weighted by Crippen LogP contribution is 2.20. The third kappa shape index (κ3) is 5.54. The molecule has 0 aliphatic heterocycles. The van der Waals surface area contributed by atoms with Crippen LogP contribution in [0.15, 0.2) is 15.9 Å². The first-order valence-electron chi connectivity index (χ1n) is 5.46. The minimum Gasteiger partial charge on any atom is -0.314 e. The Morgan fingerprint density at radius 2 is 2.27 bits per heavy atom. The van der Waals surface area contributed by atoms with Crippen molar-refractivity contribution in [3.8, 4) is 0 Å². The molecule has 1 aromatic heterocycles. The standard InChI is InChI=1S/C11H20N2S2/c1-9(2)10(3)12-5-4-7-14-11-13-6-8-15-11/h6,8-10,12H,4-5,7H2,1-3H3. The normalized spacial score (nSPS) is 13.3. The number of thioether (sulfide) groups is 1. The Balaban J connectivity index is 1.98. The van der Waals surface area contributed by atoms with Gasteiger partial charge < -0.3 is 5.32 Å². The predicted molar refractivity (Wildman–Crippen MR) is 69.8 cm³/mol. The van der Waals surface area contributed by atoms with E-state index >= 15 is 0 Å². The molecule has 86 valence electrons. The van der Waals surface area contributed by atoms with E-state index in [4.69, 9.17) is 0 Å². The van der Waals surface area contributed by atoms with Crippen LogP contribution in [-0.2, 0) is 0 Å². The number of nitrogens with zero attached hydrogens (tertiary/aromatic N) is 1. The van der Waals surface area contributed by atoms with Crippen LogP contribution in [0.1, 0.15) is 27.2 Å². The average molecular weight is 244 g/mol. The summed E-state index contributed by atoms with van der Waals surface area (Å²) in [5, 5.41) is 5.56. The molecule has 0 amide bonds. The highest BCUT2D eigenvalue weighted by Gasteiger charge is 2.04. The first-order chi connectivity index (χ1) is 7.20. The van der Waals surface area contributed by atoms with Crippen molar-refractivity contribution in [1.29, 1.82) is 0 Å². The number of thiazole rings is 1. The number of nitrogens with one attached hydrogen (secondary N) is 1. The number of hydrogen-bond donors (Lipinski definition) is 1. The van der Waals surface area contributed by atoms with Gasteiger partial charge in [-0.1, -0.05) is 25.6 Å². The van der Waals surface area contributed by atoms with Gasteiger partial charge in [0.15, 0.2) is 0 Å². The average Bonchev–Trinajstić information content (AvgIpc) is 2.69. The first-order valence-corrected chi connectivity index (χ1v) is 7.32. The van der Waals surface area contributed by atoms with Crippen LogP contribution in [0.5, 0.6) is 0 Å². The minimum atomic E-state index is 0.620. The van der Waals surface area contributed by atoms with Gasteiger partial charge in [-0.3, -0.25) is 0 Å². The number of aromatic nitrogens is 1. The zero-order valence-electron chi connectivity index (χ0n) is 9.69. The van der Waals surface area contributed by atoms with Crippen LogP contribution in [-0.4, -0.2) is 23.3 Å². The lowest BCUT2D eigenvalue weighted by Crippen LogP contribution is -2.31. The highest BCUT2D eigenvalue weighted by molar-refractivity contribution is 8.00. The Morgan fingerprint density at radius 1 is 1.47 bits per heavy atom. The van der Waals surface area contributed by atoms with E-state index in [1.165, 1.54) is 10.8 Å². The van der Waals surface area contributed by atoms with E-state index < -0.39 is 0 Å². The topological polar surface area (TPSA) is 24.9 Å². The van der Waals surface area contributed by atoms with E-state index in [2.05, 4.69) is 31.1 Å². The Kier molecular flexibility index (Phi) is 6.29. The van der Waals surface area contributed by atoms with E-state index in [-0.39, 0.29) is 0 Å². The molecule has 0 bridgehead atoms. The molecule has 1 atom stereocenters. The summed E-state index contributed by atoms with van der Waals surface area (Å²) in [6.07, 6.45) is 3.08. The molecular weight excluding hydrogens is 224 g/mol. The second-order valence-electron chi connectivity index (χ2n) is 3.99. The molecule has 0 fully saturated rings. The van der Waals surface area contributed by atoms with E-state index in [0.717, 1.165) is 18.2 Å². The molecule has 0 aliphatic carbocycles. The summed E-state index contributed by atoms with van der Waals surface area (Å²) < 4.78 is 1.19. The molecular formula is C11H20N2S2. The number of hydrogen-bond acceptors (Lipinski definition) is 4. The van der Waals surface area contributed by atoms with Crippen LogP contribution in [0, 0.1) is 5.92 Å². The zero-order valence-corrected chi connectivity index (χ0v) is 11.3. The van der Waals surface area contributed by atoms with Crippen molar-refractivity contribution in [2.45, 2.75) is 37.6 Å². The zero-order chi connectivity index (χ0) is 11.1. The monoisotopic (exact) mass is 244 g/mol. The van der Waals surface area contributed by atoms with Crippen LogP contribution in [0.2, 0.25) is 0 Å². The van der Waals surface area contributed by atoms with Crippen molar-refractivity contribution < 1.29 is 0 Å². The molecule has 1 heterocycles. The van der Waals surface area contributed by atoms with Gasteiger partial charge in [-0.05, 0) is 25.8 Å². The van der Waals surface area contributed by atoms with E-state index in [0.29, 0.717) is 6.04 Å². The maximum absolute atomic E-state index is 4.24. The van der Waals surface area contributed by atoms with Gasteiger partial charge in [-0.25, -0.2) is 4.98 Å². The van der Waals surface area contributed by atoms with E-state index in [9.17, 15) is 0 Å². The van der Waals surface area contributed by atoms with Crippen LogP contribution in [0.4, 0.5) is 0 Å². The predicted octanol–water partition coefficient (Wildman–Crippen LogP) is 3.26.